The SMILES string of the molecule is C#CCCS(=O)(=O)c1ccc(Cl)c(Cl)c1. The van der Waals surface area contributed by atoms with Crippen molar-refractivity contribution >= 4 is 33.0 Å². The molecule has 1 aromatic carbocycles. The van der Waals surface area contributed by atoms with Crippen LogP contribution in [0.25, 0.3) is 0 Å². The van der Waals surface area contributed by atoms with E-state index in [1.807, 2.05) is 0 Å². The Morgan fingerprint density at radius 1 is 1.27 bits per heavy atom. The van der Waals surface area contributed by atoms with E-state index in [1.54, 1.807) is 0 Å². The van der Waals surface area contributed by atoms with E-state index in [4.69, 9.17) is 29.6 Å². The van der Waals surface area contributed by atoms with Gasteiger partial charge in [-0.05, 0) is 18.2 Å². The monoisotopic (exact) mass is 262 g/mol. The van der Waals surface area contributed by atoms with E-state index in [2.05, 4.69) is 5.92 Å². The molecule has 0 aliphatic heterocycles. The van der Waals surface area contributed by atoms with E-state index in [9.17, 15) is 8.42 Å². The first-order valence-corrected chi connectivity index (χ1v) is 6.49. The number of hydrogen-bond acceptors (Lipinski definition) is 2. The molecule has 0 amide bonds. The molecule has 2 nitrogen and oxygen atoms in total. The zero-order valence-corrected chi connectivity index (χ0v) is 10.0. The highest BCUT2D eigenvalue weighted by Crippen LogP contribution is 2.25. The Morgan fingerprint density at radius 2 is 1.93 bits per heavy atom. The molecule has 0 bridgehead atoms. The van der Waals surface area contributed by atoms with Gasteiger partial charge in [0, 0.05) is 6.42 Å². The van der Waals surface area contributed by atoms with Crippen LogP contribution in [0.4, 0.5) is 0 Å². The number of halogens is 2. The van der Waals surface area contributed by atoms with E-state index in [0.717, 1.165) is 0 Å². The van der Waals surface area contributed by atoms with Crippen LogP contribution in [0.2, 0.25) is 10.0 Å². The average molecular weight is 263 g/mol. The molecule has 0 atom stereocenters. The number of rotatable bonds is 3. The third kappa shape index (κ3) is 3.13. The maximum atomic E-state index is 11.7. The standard InChI is InChI=1S/C10H8Cl2O2S/c1-2-3-6-15(13,14)8-4-5-9(11)10(12)7-8/h1,4-5,7H,3,6H2. The average Bonchev–Trinajstić information content (AvgIpc) is 2.19. The van der Waals surface area contributed by atoms with E-state index < -0.39 is 9.84 Å². The van der Waals surface area contributed by atoms with Gasteiger partial charge in [0.05, 0.1) is 20.7 Å². The highest BCUT2D eigenvalue weighted by Gasteiger charge is 2.14. The van der Waals surface area contributed by atoms with Gasteiger partial charge in [-0.1, -0.05) is 23.2 Å². The molecule has 0 fully saturated rings. The molecule has 80 valence electrons. The van der Waals surface area contributed by atoms with Crippen molar-refractivity contribution in [2.75, 3.05) is 5.75 Å². The normalized spacial score (nSPS) is 11.0. The molecule has 0 N–H and O–H groups in total. The Kier molecular flexibility index (Phi) is 4.04. The van der Waals surface area contributed by atoms with E-state index in [1.165, 1.54) is 18.2 Å². The van der Waals surface area contributed by atoms with Crippen molar-refractivity contribution in [2.24, 2.45) is 0 Å². The third-order valence-corrected chi connectivity index (χ3v) is 4.22. The fourth-order valence-corrected chi connectivity index (χ4v) is 2.54. The number of benzene rings is 1. The zero-order valence-electron chi connectivity index (χ0n) is 7.70. The molecular weight excluding hydrogens is 255 g/mol. The van der Waals surface area contributed by atoms with E-state index in [0.29, 0.717) is 5.02 Å². The van der Waals surface area contributed by atoms with Gasteiger partial charge in [0.2, 0.25) is 0 Å². The van der Waals surface area contributed by atoms with Crippen LogP contribution >= 0.6 is 23.2 Å². The molecule has 0 aliphatic rings. The third-order valence-electron chi connectivity index (χ3n) is 1.77. The van der Waals surface area contributed by atoms with E-state index >= 15 is 0 Å². The molecule has 5 heteroatoms. The number of hydrogen-bond donors (Lipinski definition) is 0. The summed E-state index contributed by atoms with van der Waals surface area (Å²) in [5, 5.41) is 0.547. The highest BCUT2D eigenvalue weighted by atomic mass is 35.5. The van der Waals surface area contributed by atoms with Crippen LogP contribution in [0.1, 0.15) is 6.42 Å². The summed E-state index contributed by atoms with van der Waals surface area (Å²) >= 11 is 11.4. The summed E-state index contributed by atoms with van der Waals surface area (Å²) in [6, 6.07) is 4.20. The first kappa shape index (κ1) is 12.4. The number of sulfone groups is 1. The van der Waals surface area contributed by atoms with Crippen molar-refractivity contribution in [1.82, 2.24) is 0 Å². The van der Waals surface area contributed by atoms with Crippen molar-refractivity contribution in [1.29, 1.82) is 0 Å². The van der Waals surface area contributed by atoms with Gasteiger partial charge in [-0.2, -0.15) is 0 Å². The Labute approximate surface area is 99.1 Å². The van der Waals surface area contributed by atoms with Crippen LogP contribution < -0.4 is 0 Å². The molecular formula is C10H8Cl2O2S. The minimum atomic E-state index is -3.35. The molecule has 1 aromatic rings. The van der Waals surface area contributed by atoms with Crippen LogP contribution in [0, 0.1) is 12.3 Å². The van der Waals surface area contributed by atoms with Crippen LogP contribution in [-0.4, -0.2) is 14.2 Å². The summed E-state index contributed by atoms with van der Waals surface area (Å²) in [4.78, 5) is 0.146. The summed E-state index contributed by atoms with van der Waals surface area (Å²) in [6.45, 7) is 0. The Morgan fingerprint density at radius 3 is 2.47 bits per heavy atom. The minimum Gasteiger partial charge on any atom is -0.224 e. The number of terminal acetylenes is 1. The van der Waals surface area contributed by atoms with Crippen LogP contribution in [0.3, 0.4) is 0 Å². The van der Waals surface area contributed by atoms with Gasteiger partial charge in [-0.15, -0.1) is 12.3 Å². The lowest BCUT2D eigenvalue weighted by molar-refractivity contribution is 0.596. The van der Waals surface area contributed by atoms with Gasteiger partial charge < -0.3 is 0 Å². The molecule has 0 aromatic heterocycles. The molecule has 0 aliphatic carbocycles. The topological polar surface area (TPSA) is 34.1 Å². The fraction of sp³-hybridized carbons (Fsp3) is 0.200. The maximum absolute atomic E-state index is 11.7. The Hall–Kier alpha value is -0.690. The maximum Gasteiger partial charge on any atom is 0.179 e. The van der Waals surface area contributed by atoms with Gasteiger partial charge in [0.15, 0.2) is 9.84 Å². The first-order chi connectivity index (χ1) is 6.97. The second kappa shape index (κ2) is 4.89. The second-order valence-electron chi connectivity index (χ2n) is 2.85. The summed E-state index contributed by atoms with van der Waals surface area (Å²) in [7, 11) is -3.35. The lowest BCUT2D eigenvalue weighted by Crippen LogP contribution is -2.06. The molecule has 0 saturated heterocycles. The fourth-order valence-electron chi connectivity index (χ4n) is 0.981. The summed E-state index contributed by atoms with van der Waals surface area (Å²) in [6.07, 6.45) is 5.19. The summed E-state index contributed by atoms with van der Waals surface area (Å²) in [5.41, 5.74) is 0. The molecule has 0 unspecified atom stereocenters. The molecule has 15 heavy (non-hydrogen) atoms. The van der Waals surface area contributed by atoms with Crippen molar-refractivity contribution in [3.05, 3.63) is 28.2 Å². The second-order valence-corrected chi connectivity index (χ2v) is 5.77. The van der Waals surface area contributed by atoms with Crippen molar-refractivity contribution in [3.63, 3.8) is 0 Å². The molecule has 0 heterocycles. The van der Waals surface area contributed by atoms with Crippen molar-refractivity contribution in [2.45, 2.75) is 11.3 Å². The van der Waals surface area contributed by atoms with Gasteiger partial charge in [-0.25, -0.2) is 8.42 Å². The van der Waals surface area contributed by atoms with Gasteiger partial charge in [0.1, 0.15) is 0 Å². The Balaban J connectivity index is 3.07. The molecule has 0 spiro atoms. The molecule has 0 saturated carbocycles. The zero-order chi connectivity index (χ0) is 11.5. The lowest BCUT2D eigenvalue weighted by atomic mass is 10.4. The molecule has 1 rings (SSSR count). The van der Waals surface area contributed by atoms with Crippen molar-refractivity contribution < 1.29 is 8.42 Å². The van der Waals surface area contributed by atoms with Crippen LogP contribution in [0.5, 0.6) is 0 Å². The smallest absolute Gasteiger partial charge is 0.179 e. The van der Waals surface area contributed by atoms with Gasteiger partial charge >= 0.3 is 0 Å². The summed E-state index contributed by atoms with van der Waals surface area (Å²) < 4.78 is 23.3. The predicted octanol–water partition coefficient (Wildman–Crippen LogP) is 2.79. The van der Waals surface area contributed by atoms with Gasteiger partial charge in [0.25, 0.3) is 0 Å². The highest BCUT2D eigenvalue weighted by molar-refractivity contribution is 7.91. The quantitative estimate of drug-likeness (QED) is 0.786. The largest absolute Gasteiger partial charge is 0.224 e. The van der Waals surface area contributed by atoms with E-state index in [-0.39, 0.29) is 22.1 Å². The van der Waals surface area contributed by atoms with Crippen LogP contribution in [-0.2, 0) is 9.84 Å². The van der Waals surface area contributed by atoms with Gasteiger partial charge in [-0.3, -0.25) is 0 Å². The van der Waals surface area contributed by atoms with Crippen molar-refractivity contribution in [3.8, 4) is 12.3 Å². The lowest BCUT2D eigenvalue weighted by Gasteiger charge is -2.03. The summed E-state index contributed by atoms with van der Waals surface area (Å²) in [5.74, 6) is 2.20. The predicted molar refractivity (Wildman–Crippen MR) is 62.0 cm³/mol. The van der Waals surface area contributed by atoms with Crippen LogP contribution in [0.15, 0.2) is 23.1 Å². The first-order valence-electron chi connectivity index (χ1n) is 4.08. The minimum absolute atomic E-state index is 0.0819. The Bertz CT molecular complexity index is 501. The molecule has 0 radical (unpaired) electrons.